The molecule has 0 atom stereocenters. The van der Waals surface area contributed by atoms with Gasteiger partial charge in [-0.15, -0.1) is 11.3 Å². The smallest absolute Gasteiger partial charge is 0.164 e. The van der Waals surface area contributed by atoms with Crippen LogP contribution in [0.3, 0.4) is 0 Å². The third kappa shape index (κ3) is 4.63. The van der Waals surface area contributed by atoms with Crippen LogP contribution >= 0.6 is 11.3 Å². The van der Waals surface area contributed by atoms with Gasteiger partial charge in [0.25, 0.3) is 0 Å². The second-order valence-corrected chi connectivity index (χ2v) is 12.8. The number of para-hydroxylation sites is 1. The van der Waals surface area contributed by atoms with E-state index in [1.165, 1.54) is 0 Å². The van der Waals surface area contributed by atoms with Crippen LogP contribution in [0, 0.1) is 0 Å². The molecule has 0 radical (unpaired) electrons. The molecule has 0 amide bonds. The zero-order valence-corrected chi connectivity index (χ0v) is 27.0. The Kier molecular flexibility index (Phi) is 4.84. The van der Waals surface area contributed by atoms with Gasteiger partial charge in [-0.2, -0.15) is 0 Å². The predicted molar refractivity (Wildman–Crippen MR) is 209 cm³/mol. The molecule has 10 rings (SSSR count). The number of hydrogen-bond acceptors (Lipinski definition) is 4. The molecule has 0 unspecified atom stereocenters. The zero-order chi connectivity index (χ0) is 40.9. The third-order valence-electron chi connectivity index (χ3n) is 8.87. The Labute approximate surface area is 305 Å². The molecule has 50 heavy (non-hydrogen) atoms. The second kappa shape index (κ2) is 11.6. The molecule has 0 saturated heterocycles. The van der Waals surface area contributed by atoms with Crippen LogP contribution in [-0.2, 0) is 0 Å². The van der Waals surface area contributed by atoms with E-state index in [-0.39, 0.29) is 34.1 Å². The molecule has 0 aliphatic rings. The van der Waals surface area contributed by atoms with E-state index in [0.717, 1.165) is 31.3 Å². The summed E-state index contributed by atoms with van der Waals surface area (Å²) in [6.07, 6.45) is 0. The van der Waals surface area contributed by atoms with Gasteiger partial charge in [0.2, 0.25) is 0 Å². The molecule has 0 aliphatic carbocycles. The molecule has 5 heteroatoms. The summed E-state index contributed by atoms with van der Waals surface area (Å²) in [4.78, 5) is 15.1. The van der Waals surface area contributed by atoms with Gasteiger partial charge in [-0.1, -0.05) is 133 Å². The fourth-order valence-electron chi connectivity index (χ4n) is 6.71. The summed E-state index contributed by atoms with van der Waals surface area (Å²) in [5.41, 5.74) is 3.59. The number of fused-ring (bicyclic) bond motifs is 6. The molecule has 234 valence electrons. The van der Waals surface area contributed by atoms with Gasteiger partial charge in [-0.05, 0) is 47.5 Å². The molecule has 0 bridgehead atoms. The van der Waals surface area contributed by atoms with Crippen LogP contribution in [0.15, 0.2) is 170 Å². The highest BCUT2D eigenvalue weighted by atomic mass is 32.1. The summed E-state index contributed by atoms with van der Waals surface area (Å²) in [5, 5.41) is 2.63. The number of nitrogens with zero attached hydrogens (tertiary/aromatic N) is 4. The van der Waals surface area contributed by atoms with Crippen LogP contribution in [0.2, 0.25) is 0 Å². The van der Waals surface area contributed by atoms with E-state index < -0.39 is 42.3 Å². The van der Waals surface area contributed by atoms with Gasteiger partial charge in [0.1, 0.15) is 0 Å². The van der Waals surface area contributed by atoms with Crippen LogP contribution in [0.5, 0.6) is 0 Å². The second-order valence-electron chi connectivity index (χ2n) is 11.8. The molecule has 3 heterocycles. The van der Waals surface area contributed by atoms with Gasteiger partial charge in [-0.25, -0.2) is 15.0 Å². The van der Waals surface area contributed by atoms with Crippen molar-refractivity contribution in [3.05, 3.63) is 170 Å². The lowest BCUT2D eigenvalue weighted by Crippen LogP contribution is -2.01. The Morgan fingerprint density at radius 1 is 0.460 bits per heavy atom. The minimum Gasteiger partial charge on any atom is -0.309 e. The molecule has 3 aromatic heterocycles. The van der Waals surface area contributed by atoms with Crippen molar-refractivity contribution < 1.29 is 12.3 Å². The molecule has 0 spiro atoms. The summed E-state index contributed by atoms with van der Waals surface area (Å²) >= 11 is 1.71. The van der Waals surface area contributed by atoms with E-state index in [9.17, 15) is 1.37 Å². The van der Waals surface area contributed by atoms with Crippen molar-refractivity contribution in [3.8, 4) is 51.0 Å². The van der Waals surface area contributed by atoms with Crippen LogP contribution < -0.4 is 0 Å². The van der Waals surface area contributed by atoms with Crippen LogP contribution in [0.1, 0.15) is 12.3 Å². The van der Waals surface area contributed by atoms with Gasteiger partial charge in [-0.3, -0.25) is 0 Å². The maximum Gasteiger partial charge on any atom is 0.164 e. The largest absolute Gasteiger partial charge is 0.309 e. The Bertz CT molecular complexity index is 3370. The standard InChI is InChI=1S/C45H28N4S/c1-3-14-29(15-4-1)33-22-12-25-38-41(33)34-20-7-9-24-37(34)49(38)32-19-11-18-31(28-32)44-46-43(30-16-5-2-6-17-30)47-45(48-44)36-23-13-27-40-42(36)35-21-8-10-26-39(35)50-40/h1-28H/i1D,3D,4D,7D,9D,14D,15D,20D,24D. The van der Waals surface area contributed by atoms with E-state index in [1.54, 1.807) is 34.1 Å². The highest BCUT2D eigenvalue weighted by Gasteiger charge is 2.19. The van der Waals surface area contributed by atoms with Gasteiger partial charge >= 0.3 is 0 Å². The van der Waals surface area contributed by atoms with Crippen molar-refractivity contribution in [2.75, 3.05) is 0 Å². The van der Waals surface area contributed by atoms with Crippen LogP contribution in [0.4, 0.5) is 0 Å². The molecule has 7 aromatic carbocycles. The van der Waals surface area contributed by atoms with Crippen molar-refractivity contribution in [2.24, 2.45) is 0 Å². The summed E-state index contributed by atoms with van der Waals surface area (Å²) in [6.45, 7) is 0. The van der Waals surface area contributed by atoms with Crippen molar-refractivity contribution in [3.63, 3.8) is 0 Å². The molecular weight excluding hydrogens is 629 g/mol. The molecule has 0 saturated carbocycles. The first-order valence-electron chi connectivity index (χ1n) is 20.5. The zero-order valence-electron chi connectivity index (χ0n) is 35.2. The molecular formula is C45H28N4S. The summed E-state index contributed by atoms with van der Waals surface area (Å²) < 4.78 is 82.2. The maximum absolute atomic E-state index is 9.18. The number of aromatic nitrogens is 4. The summed E-state index contributed by atoms with van der Waals surface area (Å²) in [6, 6.07) is 32.6. The first kappa shape index (κ1) is 20.8. The first-order valence-corrected chi connectivity index (χ1v) is 16.8. The number of rotatable bonds is 5. The molecule has 0 N–H and O–H groups in total. The number of thiophene rings is 1. The Morgan fingerprint density at radius 2 is 1.14 bits per heavy atom. The lowest BCUT2D eigenvalue weighted by atomic mass is 9.99. The molecule has 0 fully saturated rings. The number of hydrogen-bond donors (Lipinski definition) is 0. The van der Waals surface area contributed by atoms with Gasteiger partial charge in [0, 0.05) is 53.3 Å². The monoisotopic (exact) mass is 665 g/mol. The average Bonchev–Trinajstić information content (AvgIpc) is 3.83. The minimum absolute atomic E-state index is 0.0682. The summed E-state index contributed by atoms with van der Waals surface area (Å²) in [5.74, 6) is 1.35. The molecule has 10 aromatic rings. The Hall–Kier alpha value is -6.43. The normalized spacial score (nSPS) is 14.1. The average molecular weight is 666 g/mol. The third-order valence-corrected chi connectivity index (χ3v) is 10.0. The van der Waals surface area contributed by atoms with E-state index in [2.05, 4.69) is 18.2 Å². The first-order chi connectivity index (χ1) is 28.5. The molecule has 4 nitrogen and oxygen atoms in total. The minimum atomic E-state index is -0.533. The van der Waals surface area contributed by atoms with Crippen LogP contribution in [0.25, 0.3) is 93.0 Å². The van der Waals surface area contributed by atoms with Gasteiger partial charge in [0.05, 0.1) is 23.4 Å². The van der Waals surface area contributed by atoms with Crippen molar-refractivity contribution in [1.82, 2.24) is 19.5 Å². The fraction of sp³-hybridized carbons (Fsp3) is 0. The topological polar surface area (TPSA) is 43.6 Å². The van der Waals surface area contributed by atoms with Crippen molar-refractivity contribution >= 4 is 53.3 Å². The summed E-state index contributed by atoms with van der Waals surface area (Å²) in [7, 11) is 0. The molecule has 0 aliphatic heterocycles. The quantitative estimate of drug-likeness (QED) is 0.184. The van der Waals surface area contributed by atoms with Gasteiger partial charge < -0.3 is 4.57 Å². The predicted octanol–water partition coefficient (Wildman–Crippen LogP) is 12.0. The van der Waals surface area contributed by atoms with Crippen molar-refractivity contribution in [1.29, 1.82) is 0 Å². The van der Waals surface area contributed by atoms with E-state index in [0.29, 0.717) is 39.6 Å². The SMILES string of the molecule is [2H]c1c([2H])c([2H])c(-c2cccc3c2c2c([2H])c([2H])c([2H])c([2H])c2n3-c2cccc(-c3nc(-c4ccccc4)nc(-c4cccc5sc6ccccc6c45)n3)c2)c([2H])c1[2H]. The fourth-order valence-corrected chi connectivity index (χ4v) is 7.84. The van der Waals surface area contributed by atoms with Crippen molar-refractivity contribution in [2.45, 2.75) is 0 Å². The lowest BCUT2D eigenvalue weighted by molar-refractivity contribution is 1.07. The Morgan fingerprint density at radius 3 is 2.04 bits per heavy atom. The number of benzene rings is 7. The van der Waals surface area contributed by atoms with E-state index in [1.807, 2.05) is 78.9 Å². The van der Waals surface area contributed by atoms with Gasteiger partial charge in [0.15, 0.2) is 17.5 Å². The lowest BCUT2D eigenvalue weighted by Gasteiger charge is -2.12. The highest BCUT2D eigenvalue weighted by molar-refractivity contribution is 7.25. The van der Waals surface area contributed by atoms with Crippen LogP contribution in [-0.4, -0.2) is 19.5 Å². The Balaban J connectivity index is 1.25. The highest BCUT2D eigenvalue weighted by Crippen LogP contribution is 2.41. The maximum atomic E-state index is 9.18. The van der Waals surface area contributed by atoms with E-state index >= 15 is 0 Å². The van der Waals surface area contributed by atoms with E-state index in [4.69, 9.17) is 25.9 Å².